The van der Waals surface area contributed by atoms with Gasteiger partial charge in [-0.2, -0.15) is 0 Å². The number of halogens is 24. The van der Waals surface area contributed by atoms with Gasteiger partial charge in [0.05, 0.1) is 0 Å². The number of rotatable bonds is 0. The summed E-state index contributed by atoms with van der Waals surface area (Å²) in [5.74, 6) is -63.0. The van der Waals surface area contributed by atoms with Gasteiger partial charge in [0.2, 0.25) is 0 Å². The highest BCUT2D eigenvalue weighted by atomic mass is 19.2. The van der Waals surface area contributed by atoms with E-state index < -0.39 is 252 Å². The van der Waals surface area contributed by atoms with E-state index >= 15 is 105 Å². The molecular formula is C88H28F24. The Balaban J connectivity index is 0.817. The molecular weight excluding hydrogens is 1510 g/mol. The van der Waals surface area contributed by atoms with Crippen molar-refractivity contribution in [1.82, 2.24) is 0 Å². The summed E-state index contributed by atoms with van der Waals surface area (Å²) in [5, 5.41) is -5.16. The molecule has 8 bridgehead atoms. The Morgan fingerprint density at radius 1 is 0.116 bits per heavy atom. The molecule has 12 aliphatic rings. The van der Waals surface area contributed by atoms with Crippen LogP contribution in [0.15, 0.2) is 121 Å². The summed E-state index contributed by atoms with van der Waals surface area (Å²) < 4.78 is 387. The molecule has 28 rings (SSSR count). The number of benzene rings is 16. The first-order valence-corrected chi connectivity index (χ1v) is 34.5. The summed E-state index contributed by atoms with van der Waals surface area (Å²) in [7, 11) is 0. The van der Waals surface area contributed by atoms with Crippen LogP contribution < -0.4 is 0 Å². The van der Waals surface area contributed by atoms with Crippen LogP contribution >= 0.6 is 0 Å². The van der Waals surface area contributed by atoms with Crippen LogP contribution in [0.1, 0.15) is 159 Å². The third kappa shape index (κ3) is 7.60. The van der Waals surface area contributed by atoms with Gasteiger partial charge < -0.3 is 0 Å². The van der Waals surface area contributed by atoms with Crippen molar-refractivity contribution in [2.45, 2.75) is 47.3 Å². The van der Waals surface area contributed by atoms with E-state index in [0.717, 1.165) is 48.5 Å². The number of hydrogen-bond donors (Lipinski definition) is 0. The third-order valence-electron chi connectivity index (χ3n) is 25.2. The Kier molecular flexibility index (Phi) is 12.4. The van der Waals surface area contributed by atoms with Crippen LogP contribution in [-0.4, -0.2) is 0 Å². The molecule has 0 unspecified atom stereocenters. The van der Waals surface area contributed by atoms with E-state index in [1.165, 1.54) is 72.8 Å². The van der Waals surface area contributed by atoms with Gasteiger partial charge in [-0.3, -0.25) is 0 Å². The lowest BCUT2D eigenvalue weighted by Gasteiger charge is -2.52. The standard InChI is InChI=1S/C88H28F24/c89-65-45-9-21-1-29-30(2-22(21)10-46(45)66(90)78(102)77(65)101)54-32-4-24-12-48-47(67(91)79(103)80(104)68(48)92)11-23(24)3-31(32)53(29)37-17-41-42(18-38(37)54)58-60-44-20-40-39(19-43(44)59(63-64(60)76(100)88(112)87(111)75(63)99)57(41)61-62(58)74(98)86(110)85(109)73(61)97)55-33-5-25-13-49-51(71(95)83(107)81(105)69(49)93)15-27(25)7-35(33)56(40)36-8-28-16-52-50(14-26(28)6-34(36)55)70(94)82(106)84(108)72(52)96/h1-20,53-60H/t53?,54?,55?,56?,57-,58+,59-,60+. The van der Waals surface area contributed by atoms with Gasteiger partial charge in [0.25, 0.3) is 0 Å². The molecule has 548 valence electrons. The minimum absolute atomic E-state index is 0.0676. The molecule has 0 aromatic heterocycles. The molecule has 0 saturated heterocycles. The summed E-state index contributed by atoms with van der Waals surface area (Å²) in [6, 6.07) is 25.9. The molecule has 0 heterocycles. The van der Waals surface area contributed by atoms with Crippen LogP contribution in [0.2, 0.25) is 0 Å². The zero-order valence-corrected chi connectivity index (χ0v) is 55.2. The minimum Gasteiger partial charge on any atom is -0.203 e. The highest BCUT2D eigenvalue weighted by Crippen LogP contribution is 2.70. The monoisotopic (exact) mass is 1540 g/mol. The first-order chi connectivity index (χ1) is 53.5. The number of hydrogen-bond acceptors (Lipinski definition) is 0. The smallest absolute Gasteiger partial charge is 0.198 e. The Morgan fingerprint density at radius 3 is 0.366 bits per heavy atom. The maximum atomic E-state index is 18.1. The molecule has 0 aliphatic heterocycles. The van der Waals surface area contributed by atoms with E-state index in [4.69, 9.17) is 0 Å². The van der Waals surface area contributed by atoms with Crippen LogP contribution in [-0.2, 0) is 0 Å². The molecule has 0 N–H and O–H groups in total. The minimum atomic E-state index is -2.41. The van der Waals surface area contributed by atoms with Crippen LogP contribution in [0.4, 0.5) is 105 Å². The van der Waals surface area contributed by atoms with E-state index in [-0.39, 0.29) is 132 Å². The van der Waals surface area contributed by atoms with Crippen molar-refractivity contribution < 1.29 is 105 Å². The van der Waals surface area contributed by atoms with Crippen molar-refractivity contribution in [3.63, 3.8) is 0 Å². The van der Waals surface area contributed by atoms with E-state index in [9.17, 15) is 0 Å². The predicted octanol–water partition coefficient (Wildman–Crippen LogP) is 25.1. The third-order valence-corrected chi connectivity index (χ3v) is 25.2. The molecule has 0 saturated carbocycles. The molecule has 16 aromatic carbocycles. The Bertz CT molecular complexity index is 6330. The summed E-state index contributed by atoms with van der Waals surface area (Å²) in [5.41, 5.74) is -1.70. The lowest BCUT2D eigenvalue weighted by molar-refractivity contribution is 0.359. The number of fused-ring (bicyclic) bond motifs is 8. The second-order valence-electron chi connectivity index (χ2n) is 30.0. The van der Waals surface area contributed by atoms with E-state index in [2.05, 4.69) is 0 Å². The van der Waals surface area contributed by atoms with Gasteiger partial charge in [0.15, 0.2) is 140 Å². The zero-order valence-electron chi connectivity index (χ0n) is 55.2. The molecule has 0 fully saturated rings. The molecule has 112 heavy (non-hydrogen) atoms. The normalized spacial score (nSPS) is 19.4. The molecule has 4 atom stereocenters. The maximum absolute atomic E-state index is 18.1. The van der Waals surface area contributed by atoms with Gasteiger partial charge in [0.1, 0.15) is 0 Å². The topological polar surface area (TPSA) is 0 Å². The van der Waals surface area contributed by atoms with Gasteiger partial charge in [-0.1, -0.05) is 24.3 Å². The highest BCUT2D eigenvalue weighted by Gasteiger charge is 2.58. The van der Waals surface area contributed by atoms with Gasteiger partial charge in [-0.05, 0) is 229 Å². The molecule has 0 radical (unpaired) electrons. The molecule has 24 heteroatoms. The van der Waals surface area contributed by atoms with Gasteiger partial charge in [-0.15, -0.1) is 0 Å². The van der Waals surface area contributed by atoms with Crippen LogP contribution in [0.25, 0.3) is 86.2 Å². The quantitative estimate of drug-likeness (QED) is 0.0614. The summed E-state index contributed by atoms with van der Waals surface area (Å²) in [6.07, 6.45) is 0. The van der Waals surface area contributed by atoms with Crippen molar-refractivity contribution in [3.8, 4) is 0 Å². The lowest BCUT2D eigenvalue weighted by atomic mass is 9.50. The van der Waals surface area contributed by atoms with Crippen molar-refractivity contribution in [2.75, 3.05) is 0 Å². The van der Waals surface area contributed by atoms with Crippen molar-refractivity contribution in [3.05, 3.63) is 372 Å². The lowest BCUT2D eigenvalue weighted by Crippen LogP contribution is -2.40. The van der Waals surface area contributed by atoms with Crippen LogP contribution in [0.5, 0.6) is 0 Å². The summed E-state index contributed by atoms with van der Waals surface area (Å²) >= 11 is 0. The predicted molar refractivity (Wildman–Crippen MR) is 362 cm³/mol. The fourth-order valence-electron chi connectivity index (χ4n) is 20.7. The van der Waals surface area contributed by atoms with E-state index in [1.54, 1.807) is 0 Å². The Morgan fingerprint density at radius 2 is 0.232 bits per heavy atom. The molecule has 0 amide bonds. The van der Waals surface area contributed by atoms with Crippen molar-refractivity contribution in [1.29, 1.82) is 0 Å². The largest absolute Gasteiger partial charge is 0.203 e. The maximum Gasteiger partial charge on any atom is 0.198 e. The first kappa shape index (κ1) is 65.8. The average Bonchev–Trinajstić information content (AvgIpc) is 0.646. The molecule has 0 nitrogen and oxygen atoms in total. The van der Waals surface area contributed by atoms with Crippen molar-refractivity contribution >= 4 is 86.2 Å². The first-order valence-electron chi connectivity index (χ1n) is 34.5. The van der Waals surface area contributed by atoms with E-state index in [0.29, 0.717) is 0 Å². The highest BCUT2D eigenvalue weighted by molar-refractivity contribution is 6.05. The average molecular weight is 1540 g/mol. The van der Waals surface area contributed by atoms with Gasteiger partial charge >= 0.3 is 0 Å². The van der Waals surface area contributed by atoms with Crippen LogP contribution in [0.3, 0.4) is 0 Å². The zero-order chi connectivity index (χ0) is 77.4. The summed E-state index contributed by atoms with van der Waals surface area (Å²) in [6.45, 7) is 0. The van der Waals surface area contributed by atoms with Gasteiger partial charge in [0, 0.05) is 113 Å². The van der Waals surface area contributed by atoms with Crippen LogP contribution in [0, 0.1) is 140 Å². The Hall–Kier alpha value is -12.1. The van der Waals surface area contributed by atoms with Gasteiger partial charge in [-0.25, -0.2) is 105 Å². The van der Waals surface area contributed by atoms with E-state index in [1.807, 2.05) is 0 Å². The fraction of sp³-hybridized carbons (Fsp3) is 0.0909. The second-order valence-corrected chi connectivity index (χ2v) is 30.0. The summed E-state index contributed by atoms with van der Waals surface area (Å²) in [4.78, 5) is 0. The Labute approximate surface area is 608 Å². The molecule has 0 spiro atoms. The fourth-order valence-corrected chi connectivity index (χ4v) is 20.7. The SMILES string of the molecule is Fc1c(F)c(F)c2c(c1F)[C@H]1c3cc4c(cc3[C@@H]2[C@H]2c3cc5c(cc3[C@@H]1c1c(F)c(F)c(F)c(F)c12)C1c2cc3cc6c(F)c(F)c(F)c(F)c6cc3cc2C5c2cc3cc5c(F)c(F)c(F)c(F)c5cc3cc21)C1c2cc3cc5c(F)c(F)c(F)c(F)c5cc3cc2C4c2cc3cc4c(F)c(F)c(F)c(F)c4cc3cc21. The molecule has 12 aliphatic carbocycles. The second kappa shape index (κ2) is 21.1. The molecule has 16 aromatic rings. The van der Waals surface area contributed by atoms with Crippen molar-refractivity contribution in [2.24, 2.45) is 0 Å².